The maximum absolute atomic E-state index is 5.41. The van der Waals surface area contributed by atoms with E-state index in [1.54, 1.807) is 6.26 Å². The molecule has 0 N–H and O–H groups in total. The Morgan fingerprint density at radius 1 is 1.11 bits per heavy atom. The molecule has 0 unspecified atom stereocenters. The van der Waals surface area contributed by atoms with E-state index in [0.717, 1.165) is 29.9 Å². The van der Waals surface area contributed by atoms with Gasteiger partial charge in [-0.2, -0.15) is 0 Å². The van der Waals surface area contributed by atoms with Gasteiger partial charge in [0.05, 0.1) is 12.8 Å². The number of furan rings is 1. The molecule has 0 saturated carbocycles. The van der Waals surface area contributed by atoms with Crippen LogP contribution in [0.5, 0.6) is 0 Å². The van der Waals surface area contributed by atoms with Gasteiger partial charge in [0.25, 0.3) is 0 Å². The minimum atomic E-state index is 0.709. The second-order valence-corrected chi connectivity index (χ2v) is 6.10. The van der Waals surface area contributed by atoms with Gasteiger partial charge in [0.15, 0.2) is 0 Å². The quantitative estimate of drug-likeness (QED) is 0.832. The van der Waals surface area contributed by atoms with Crippen molar-refractivity contribution in [1.82, 2.24) is 4.90 Å². The van der Waals surface area contributed by atoms with Gasteiger partial charge in [-0.1, -0.05) is 28.1 Å². The van der Waals surface area contributed by atoms with E-state index in [1.165, 1.54) is 18.4 Å². The lowest BCUT2D eigenvalue weighted by atomic mass is 9.89. The predicted octanol–water partition coefficient (Wildman–Crippen LogP) is 4.42. The molecular formula is C16H18BrNO. The molecule has 3 heteroatoms. The number of hydrogen-bond donors (Lipinski definition) is 0. The summed E-state index contributed by atoms with van der Waals surface area (Å²) in [6.45, 7) is 3.25. The smallest absolute Gasteiger partial charge is 0.117 e. The number of nitrogens with zero attached hydrogens (tertiary/aromatic N) is 1. The molecule has 0 aliphatic carbocycles. The van der Waals surface area contributed by atoms with Crippen LogP contribution in [0.25, 0.3) is 0 Å². The number of benzene rings is 1. The lowest BCUT2D eigenvalue weighted by molar-refractivity contribution is 0.191. The molecule has 1 aromatic carbocycles. The SMILES string of the molecule is Brc1ccc(C2CCN(Cc3ccco3)CC2)cc1. The number of halogens is 1. The van der Waals surface area contributed by atoms with Crippen molar-refractivity contribution < 1.29 is 4.42 Å². The molecule has 1 aliphatic heterocycles. The number of piperidine rings is 1. The molecular weight excluding hydrogens is 302 g/mol. The van der Waals surface area contributed by atoms with Crippen molar-refractivity contribution in [1.29, 1.82) is 0 Å². The Morgan fingerprint density at radius 3 is 2.47 bits per heavy atom. The van der Waals surface area contributed by atoms with Crippen LogP contribution in [0.4, 0.5) is 0 Å². The van der Waals surface area contributed by atoms with Gasteiger partial charge < -0.3 is 4.42 Å². The van der Waals surface area contributed by atoms with Crippen LogP contribution < -0.4 is 0 Å². The van der Waals surface area contributed by atoms with Crippen LogP contribution in [-0.2, 0) is 6.54 Å². The molecule has 0 spiro atoms. The average molecular weight is 320 g/mol. The van der Waals surface area contributed by atoms with E-state index in [4.69, 9.17) is 4.42 Å². The second-order valence-electron chi connectivity index (χ2n) is 5.18. The van der Waals surface area contributed by atoms with Crippen molar-refractivity contribution in [2.24, 2.45) is 0 Å². The van der Waals surface area contributed by atoms with Crippen molar-refractivity contribution in [3.05, 3.63) is 58.5 Å². The monoisotopic (exact) mass is 319 g/mol. The molecule has 3 rings (SSSR count). The van der Waals surface area contributed by atoms with E-state index in [2.05, 4.69) is 51.2 Å². The molecule has 0 atom stereocenters. The molecule has 19 heavy (non-hydrogen) atoms. The van der Waals surface area contributed by atoms with Gasteiger partial charge in [0.1, 0.15) is 5.76 Å². The summed E-state index contributed by atoms with van der Waals surface area (Å²) in [6, 6.07) is 12.8. The Bertz CT molecular complexity index is 498. The normalized spacial score (nSPS) is 17.7. The molecule has 100 valence electrons. The van der Waals surface area contributed by atoms with E-state index < -0.39 is 0 Å². The largest absolute Gasteiger partial charge is 0.468 e. The number of hydrogen-bond acceptors (Lipinski definition) is 2. The summed E-state index contributed by atoms with van der Waals surface area (Å²) < 4.78 is 6.57. The zero-order valence-corrected chi connectivity index (χ0v) is 12.5. The van der Waals surface area contributed by atoms with Crippen LogP contribution in [0.15, 0.2) is 51.6 Å². The summed E-state index contributed by atoms with van der Waals surface area (Å²) in [5.41, 5.74) is 1.47. The molecule has 2 heterocycles. The number of likely N-dealkylation sites (tertiary alicyclic amines) is 1. The van der Waals surface area contributed by atoms with E-state index >= 15 is 0 Å². The van der Waals surface area contributed by atoms with Gasteiger partial charge in [-0.15, -0.1) is 0 Å². The van der Waals surface area contributed by atoms with Crippen molar-refractivity contribution in [2.75, 3.05) is 13.1 Å². The second kappa shape index (κ2) is 5.93. The summed E-state index contributed by atoms with van der Waals surface area (Å²) >= 11 is 3.49. The maximum atomic E-state index is 5.41. The Kier molecular flexibility index (Phi) is 4.04. The van der Waals surface area contributed by atoms with Gasteiger partial charge in [-0.3, -0.25) is 4.90 Å². The molecule has 0 radical (unpaired) electrons. The van der Waals surface area contributed by atoms with Gasteiger partial charge in [0.2, 0.25) is 0 Å². The summed E-state index contributed by atoms with van der Waals surface area (Å²) in [5.74, 6) is 1.78. The van der Waals surface area contributed by atoms with Crippen molar-refractivity contribution >= 4 is 15.9 Å². The molecule has 0 amide bonds. The zero-order chi connectivity index (χ0) is 13.1. The standard InChI is InChI=1S/C16H18BrNO/c17-15-5-3-13(4-6-15)14-7-9-18(10-8-14)12-16-2-1-11-19-16/h1-6,11,14H,7-10,12H2. The summed E-state index contributed by atoms with van der Waals surface area (Å²) in [5, 5.41) is 0. The van der Waals surface area contributed by atoms with Gasteiger partial charge in [-0.05, 0) is 61.7 Å². The van der Waals surface area contributed by atoms with E-state index in [0.29, 0.717) is 5.92 Å². The maximum Gasteiger partial charge on any atom is 0.117 e. The first-order valence-corrected chi connectivity index (χ1v) is 7.61. The molecule has 2 nitrogen and oxygen atoms in total. The highest BCUT2D eigenvalue weighted by atomic mass is 79.9. The third-order valence-corrected chi connectivity index (χ3v) is 4.42. The van der Waals surface area contributed by atoms with Gasteiger partial charge >= 0.3 is 0 Å². The summed E-state index contributed by atoms with van der Waals surface area (Å²) in [4.78, 5) is 2.48. The van der Waals surface area contributed by atoms with Crippen LogP contribution >= 0.6 is 15.9 Å². The average Bonchev–Trinajstić information content (AvgIpc) is 2.94. The molecule has 1 saturated heterocycles. The lowest BCUT2D eigenvalue weighted by Crippen LogP contribution is -2.32. The Labute approximate surface area is 122 Å². The van der Waals surface area contributed by atoms with E-state index in [9.17, 15) is 0 Å². The zero-order valence-electron chi connectivity index (χ0n) is 10.9. The van der Waals surface area contributed by atoms with Crippen LogP contribution in [-0.4, -0.2) is 18.0 Å². The molecule has 1 aliphatic rings. The molecule has 1 fully saturated rings. The van der Waals surface area contributed by atoms with Gasteiger partial charge in [0, 0.05) is 4.47 Å². The first kappa shape index (κ1) is 12.9. The summed E-state index contributed by atoms with van der Waals surface area (Å²) in [7, 11) is 0. The fraction of sp³-hybridized carbons (Fsp3) is 0.375. The predicted molar refractivity (Wildman–Crippen MR) is 80.1 cm³/mol. The van der Waals surface area contributed by atoms with Crippen LogP contribution in [0.1, 0.15) is 30.1 Å². The van der Waals surface area contributed by atoms with Crippen LogP contribution in [0.3, 0.4) is 0 Å². The first-order valence-electron chi connectivity index (χ1n) is 6.81. The topological polar surface area (TPSA) is 16.4 Å². The minimum Gasteiger partial charge on any atom is -0.468 e. The van der Waals surface area contributed by atoms with Crippen LogP contribution in [0, 0.1) is 0 Å². The van der Waals surface area contributed by atoms with E-state index in [1.807, 2.05) is 6.07 Å². The Balaban J connectivity index is 1.56. The fourth-order valence-electron chi connectivity index (χ4n) is 2.78. The summed E-state index contributed by atoms with van der Waals surface area (Å²) in [6.07, 6.45) is 4.23. The molecule has 0 bridgehead atoms. The van der Waals surface area contributed by atoms with Crippen molar-refractivity contribution in [3.63, 3.8) is 0 Å². The highest BCUT2D eigenvalue weighted by Crippen LogP contribution is 2.29. The third kappa shape index (κ3) is 3.28. The number of rotatable bonds is 3. The third-order valence-electron chi connectivity index (χ3n) is 3.89. The van der Waals surface area contributed by atoms with Gasteiger partial charge in [-0.25, -0.2) is 0 Å². The van der Waals surface area contributed by atoms with Crippen LogP contribution in [0.2, 0.25) is 0 Å². The molecule has 2 aromatic rings. The first-order chi connectivity index (χ1) is 9.31. The Morgan fingerprint density at radius 2 is 1.84 bits per heavy atom. The highest BCUT2D eigenvalue weighted by molar-refractivity contribution is 9.10. The van der Waals surface area contributed by atoms with E-state index in [-0.39, 0.29) is 0 Å². The molecule has 1 aromatic heterocycles. The lowest BCUT2D eigenvalue weighted by Gasteiger charge is -2.31. The van der Waals surface area contributed by atoms with Crippen molar-refractivity contribution in [3.8, 4) is 0 Å². The minimum absolute atomic E-state index is 0.709. The Hall–Kier alpha value is -1.06. The fourth-order valence-corrected chi connectivity index (χ4v) is 3.05. The highest BCUT2D eigenvalue weighted by Gasteiger charge is 2.20. The van der Waals surface area contributed by atoms with Crippen molar-refractivity contribution in [2.45, 2.75) is 25.3 Å².